The van der Waals surface area contributed by atoms with Crippen molar-refractivity contribution in [3.63, 3.8) is 0 Å². The molecule has 0 bridgehead atoms. The first-order chi connectivity index (χ1) is 14.3. The summed E-state index contributed by atoms with van der Waals surface area (Å²) >= 11 is 1.55. The molecule has 29 heavy (non-hydrogen) atoms. The van der Waals surface area contributed by atoms with Gasteiger partial charge in [-0.15, -0.1) is 11.3 Å². The van der Waals surface area contributed by atoms with Crippen molar-refractivity contribution in [1.82, 2.24) is 29.9 Å². The van der Waals surface area contributed by atoms with E-state index in [1.54, 1.807) is 33.9 Å². The molecule has 5 rings (SSSR count). The van der Waals surface area contributed by atoms with Gasteiger partial charge in [0.25, 0.3) is 0 Å². The van der Waals surface area contributed by atoms with Gasteiger partial charge in [-0.3, -0.25) is 19.6 Å². The Morgan fingerprint density at radius 2 is 2.14 bits per heavy atom. The molecule has 8 heteroatoms. The Morgan fingerprint density at radius 1 is 1.17 bits per heavy atom. The van der Waals surface area contributed by atoms with Crippen LogP contribution >= 0.6 is 11.3 Å². The number of Topliss-reactive ketones (excluding diaryl/α,β-unsaturated/α-hetero) is 1. The Labute approximate surface area is 170 Å². The summed E-state index contributed by atoms with van der Waals surface area (Å²) in [6.07, 6.45) is 7.41. The van der Waals surface area contributed by atoms with Gasteiger partial charge in [-0.2, -0.15) is 10.2 Å². The number of aromatic nitrogens is 6. The van der Waals surface area contributed by atoms with E-state index in [1.165, 1.54) is 0 Å². The largest absolute Gasteiger partial charge is 0.292 e. The van der Waals surface area contributed by atoms with Gasteiger partial charge in [-0.25, -0.2) is 4.98 Å². The fraction of sp³-hybridized carbons (Fsp3) is 0.0952. The van der Waals surface area contributed by atoms with Crippen molar-refractivity contribution in [1.29, 1.82) is 0 Å². The van der Waals surface area contributed by atoms with Gasteiger partial charge in [0.2, 0.25) is 0 Å². The third-order valence-electron chi connectivity index (χ3n) is 4.68. The maximum atomic E-state index is 12.8. The molecule has 0 saturated carbocycles. The molecule has 0 radical (unpaired) electrons. The molecule has 0 amide bonds. The number of fused-ring (bicyclic) bond motifs is 1. The number of nitrogens with one attached hydrogen (secondary N) is 1. The Morgan fingerprint density at radius 3 is 2.97 bits per heavy atom. The fourth-order valence-corrected chi connectivity index (χ4v) is 3.83. The number of carbonyl (C=O) groups is 1. The number of pyridine rings is 1. The molecule has 1 aromatic carbocycles. The molecule has 142 valence electrons. The van der Waals surface area contributed by atoms with Crippen LogP contribution in [0.15, 0.2) is 66.0 Å². The van der Waals surface area contributed by atoms with E-state index in [4.69, 9.17) is 0 Å². The average molecular weight is 400 g/mol. The number of thiazole rings is 1. The fourth-order valence-electron chi connectivity index (χ4n) is 3.28. The van der Waals surface area contributed by atoms with Crippen LogP contribution < -0.4 is 0 Å². The zero-order valence-corrected chi connectivity index (χ0v) is 16.1. The SMILES string of the molecule is O=C(Cc1cnn(Cc2cscn2)c1)c1n[nH]c2cc(-c3cccnc3)ccc12. The molecule has 1 N–H and O–H groups in total. The van der Waals surface area contributed by atoms with Gasteiger partial charge in [-0.1, -0.05) is 12.1 Å². The maximum absolute atomic E-state index is 12.8. The first-order valence-electron chi connectivity index (χ1n) is 9.06. The van der Waals surface area contributed by atoms with Gasteiger partial charge >= 0.3 is 0 Å². The summed E-state index contributed by atoms with van der Waals surface area (Å²) in [5.41, 5.74) is 6.93. The second-order valence-corrected chi connectivity index (χ2v) is 7.42. The number of H-pyrrole nitrogens is 1. The third kappa shape index (κ3) is 3.57. The van der Waals surface area contributed by atoms with Crippen LogP contribution in [0.5, 0.6) is 0 Å². The smallest absolute Gasteiger partial charge is 0.188 e. The minimum atomic E-state index is -0.0430. The van der Waals surface area contributed by atoms with Crippen molar-refractivity contribution in [2.75, 3.05) is 0 Å². The first-order valence-corrected chi connectivity index (χ1v) is 10.0. The number of benzene rings is 1. The third-order valence-corrected chi connectivity index (χ3v) is 5.32. The van der Waals surface area contributed by atoms with Gasteiger partial charge < -0.3 is 0 Å². The summed E-state index contributed by atoms with van der Waals surface area (Å²) in [6.45, 7) is 0.597. The van der Waals surface area contributed by atoms with Gasteiger partial charge in [0, 0.05) is 41.3 Å². The Hall–Kier alpha value is -3.65. The van der Waals surface area contributed by atoms with Crippen LogP contribution in [-0.2, 0) is 13.0 Å². The van der Waals surface area contributed by atoms with Gasteiger partial charge in [-0.05, 0) is 29.3 Å². The van der Waals surface area contributed by atoms with E-state index in [1.807, 2.05) is 48.1 Å². The molecular formula is C21H16N6OS. The molecule has 0 saturated heterocycles. The van der Waals surface area contributed by atoms with Crippen molar-refractivity contribution in [3.05, 3.63) is 83.0 Å². The molecule has 0 atom stereocenters. The maximum Gasteiger partial charge on any atom is 0.188 e. The number of nitrogens with zero attached hydrogens (tertiary/aromatic N) is 5. The van der Waals surface area contributed by atoms with E-state index in [0.29, 0.717) is 12.2 Å². The topological polar surface area (TPSA) is 89.4 Å². The Bertz CT molecular complexity index is 1270. The van der Waals surface area contributed by atoms with Crippen LogP contribution in [0, 0.1) is 0 Å². The molecule has 4 heterocycles. The van der Waals surface area contributed by atoms with Gasteiger partial charge in [0.05, 0.1) is 29.5 Å². The van der Waals surface area contributed by atoms with E-state index in [2.05, 4.69) is 25.3 Å². The highest BCUT2D eigenvalue weighted by Gasteiger charge is 2.16. The van der Waals surface area contributed by atoms with Crippen molar-refractivity contribution in [2.45, 2.75) is 13.0 Å². The average Bonchev–Trinajstić information content (AvgIpc) is 3.50. The molecule has 5 aromatic rings. The quantitative estimate of drug-likeness (QED) is 0.439. The van der Waals surface area contributed by atoms with Crippen molar-refractivity contribution in [3.8, 4) is 11.1 Å². The highest BCUT2D eigenvalue weighted by atomic mass is 32.1. The van der Waals surface area contributed by atoms with Crippen molar-refractivity contribution < 1.29 is 4.79 Å². The molecule has 4 aromatic heterocycles. The second-order valence-electron chi connectivity index (χ2n) is 6.70. The zero-order valence-electron chi connectivity index (χ0n) is 15.3. The minimum absolute atomic E-state index is 0.0430. The van der Waals surface area contributed by atoms with E-state index in [0.717, 1.165) is 33.3 Å². The summed E-state index contributed by atoms with van der Waals surface area (Å²) in [6, 6.07) is 9.80. The number of carbonyl (C=O) groups excluding carboxylic acids is 1. The molecule has 0 aliphatic carbocycles. The number of hydrogen-bond donors (Lipinski definition) is 1. The number of rotatable bonds is 6. The lowest BCUT2D eigenvalue weighted by Gasteiger charge is -2.01. The lowest BCUT2D eigenvalue weighted by molar-refractivity contribution is 0.0989. The van der Waals surface area contributed by atoms with E-state index in [9.17, 15) is 4.79 Å². The Balaban J connectivity index is 1.35. The van der Waals surface area contributed by atoms with Crippen molar-refractivity contribution >= 4 is 28.0 Å². The zero-order chi connectivity index (χ0) is 19.6. The Kier molecular flexibility index (Phi) is 4.45. The predicted molar refractivity (Wildman–Crippen MR) is 111 cm³/mol. The second kappa shape index (κ2) is 7.40. The van der Waals surface area contributed by atoms with Crippen LogP contribution in [0.2, 0.25) is 0 Å². The van der Waals surface area contributed by atoms with Crippen molar-refractivity contribution in [2.24, 2.45) is 0 Å². The predicted octanol–water partition coefficient (Wildman–Crippen LogP) is 3.75. The molecule has 0 unspecified atom stereocenters. The van der Waals surface area contributed by atoms with Crippen LogP contribution in [0.1, 0.15) is 21.7 Å². The molecule has 0 aliphatic heterocycles. The normalized spacial score (nSPS) is 11.2. The molecule has 0 spiro atoms. The molecular weight excluding hydrogens is 384 g/mol. The number of ketones is 1. The van der Waals surface area contributed by atoms with Gasteiger partial charge in [0.15, 0.2) is 5.78 Å². The van der Waals surface area contributed by atoms with Crippen LogP contribution in [-0.4, -0.2) is 35.7 Å². The minimum Gasteiger partial charge on any atom is -0.292 e. The summed E-state index contributed by atoms with van der Waals surface area (Å²) in [5.74, 6) is -0.0430. The highest BCUT2D eigenvalue weighted by molar-refractivity contribution is 7.07. The molecule has 0 fully saturated rings. The summed E-state index contributed by atoms with van der Waals surface area (Å²) in [5, 5.41) is 14.4. The van der Waals surface area contributed by atoms with Crippen LogP contribution in [0.3, 0.4) is 0 Å². The monoisotopic (exact) mass is 400 g/mol. The molecule has 7 nitrogen and oxygen atoms in total. The summed E-state index contributed by atoms with van der Waals surface area (Å²) in [7, 11) is 0. The van der Waals surface area contributed by atoms with Crippen LogP contribution in [0.4, 0.5) is 0 Å². The van der Waals surface area contributed by atoms with E-state index < -0.39 is 0 Å². The lowest BCUT2D eigenvalue weighted by atomic mass is 10.0. The van der Waals surface area contributed by atoms with E-state index >= 15 is 0 Å². The number of hydrogen-bond acceptors (Lipinski definition) is 6. The van der Waals surface area contributed by atoms with E-state index in [-0.39, 0.29) is 12.2 Å². The van der Waals surface area contributed by atoms with Crippen LogP contribution in [0.25, 0.3) is 22.0 Å². The highest BCUT2D eigenvalue weighted by Crippen LogP contribution is 2.25. The molecule has 0 aliphatic rings. The summed E-state index contributed by atoms with van der Waals surface area (Å²) in [4.78, 5) is 21.2. The summed E-state index contributed by atoms with van der Waals surface area (Å²) < 4.78 is 1.79. The lowest BCUT2D eigenvalue weighted by Crippen LogP contribution is -2.04. The first kappa shape index (κ1) is 17.4. The number of aromatic amines is 1. The van der Waals surface area contributed by atoms with Gasteiger partial charge in [0.1, 0.15) is 5.69 Å². The standard InChI is InChI=1S/C21H16N6OS/c28-20(6-14-8-24-27(10-14)11-17-12-29-13-23-17)21-18-4-3-15(7-19(18)25-26-21)16-2-1-5-22-9-16/h1-5,7-10,12-13H,6,11H2,(H,25,26).